The van der Waals surface area contributed by atoms with Gasteiger partial charge in [0.25, 0.3) is 0 Å². The van der Waals surface area contributed by atoms with E-state index in [1.54, 1.807) is 0 Å². The van der Waals surface area contributed by atoms with Crippen molar-refractivity contribution in [3.63, 3.8) is 0 Å². The molecule has 0 aliphatic rings. The molecule has 0 aliphatic heterocycles. The van der Waals surface area contributed by atoms with Crippen LogP contribution in [-0.4, -0.2) is 12.2 Å². The smallest absolute Gasteiger partial charge is 0.383 e. The van der Waals surface area contributed by atoms with Gasteiger partial charge in [-0.2, -0.15) is 13.2 Å². The zero-order valence-electron chi connectivity index (χ0n) is 12.3. The van der Waals surface area contributed by atoms with E-state index in [0.29, 0.717) is 6.42 Å². The van der Waals surface area contributed by atoms with Crippen molar-refractivity contribution >= 4 is 5.69 Å². The summed E-state index contributed by atoms with van der Waals surface area (Å²) in [4.78, 5) is 0. The maximum Gasteiger partial charge on any atom is 0.389 e. The van der Waals surface area contributed by atoms with Gasteiger partial charge in [0.2, 0.25) is 0 Å². The SMILES string of the molecule is CCCCc1ccc(NC(C)CCCC(F)(F)F)cc1. The number of rotatable bonds is 8. The highest BCUT2D eigenvalue weighted by molar-refractivity contribution is 5.45. The van der Waals surface area contributed by atoms with Crippen LogP contribution in [0.1, 0.15) is 51.5 Å². The fourth-order valence-corrected chi connectivity index (χ4v) is 2.11. The molecule has 0 spiro atoms. The predicted octanol–water partition coefficient (Wildman–Crippen LogP) is 5.56. The highest BCUT2D eigenvalue weighted by atomic mass is 19.4. The Hall–Kier alpha value is -1.19. The first-order valence-corrected chi connectivity index (χ1v) is 7.33. The first-order chi connectivity index (χ1) is 9.40. The molecule has 1 aromatic rings. The third-order valence-corrected chi connectivity index (χ3v) is 3.28. The minimum atomic E-state index is -4.04. The molecule has 0 aromatic heterocycles. The van der Waals surface area contributed by atoms with E-state index in [1.807, 2.05) is 19.1 Å². The second-order valence-corrected chi connectivity index (χ2v) is 5.35. The second kappa shape index (κ2) is 8.18. The van der Waals surface area contributed by atoms with E-state index in [4.69, 9.17) is 0 Å². The first kappa shape index (κ1) is 16.9. The lowest BCUT2D eigenvalue weighted by molar-refractivity contribution is -0.135. The number of alkyl halides is 3. The minimum Gasteiger partial charge on any atom is -0.383 e. The molecule has 1 N–H and O–H groups in total. The number of anilines is 1. The fourth-order valence-electron chi connectivity index (χ4n) is 2.11. The van der Waals surface area contributed by atoms with Crippen LogP contribution in [0.25, 0.3) is 0 Å². The summed E-state index contributed by atoms with van der Waals surface area (Å²) in [6.45, 7) is 4.08. The lowest BCUT2D eigenvalue weighted by atomic mass is 10.1. The number of hydrogen-bond acceptors (Lipinski definition) is 1. The predicted molar refractivity (Wildman–Crippen MR) is 78.0 cm³/mol. The molecule has 0 radical (unpaired) electrons. The maximum absolute atomic E-state index is 12.1. The zero-order chi connectivity index (χ0) is 15.0. The van der Waals surface area contributed by atoms with E-state index in [2.05, 4.69) is 24.4 Å². The Morgan fingerprint density at radius 3 is 2.30 bits per heavy atom. The molecule has 1 aromatic carbocycles. The Balaban J connectivity index is 2.32. The molecular weight excluding hydrogens is 263 g/mol. The summed E-state index contributed by atoms with van der Waals surface area (Å²) in [6, 6.07) is 8.23. The normalized spacial score (nSPS) is 13.2. The van der Waals surface area contributed by atoms with E-state index in [-0.39, 0.29) is 12.5 Å². The molecule has 1 nitrogen and oxygen atoms in total. The van der Waals surface area contributed by atoms with E-state index in [1.165, 1.54) is 18.4 Å². The average Bonchev–Trinajstić information content (AvgIpc) is 2.36. The summed E-state index contributed by atoms with van der Waals surface area (Å²) >= 11 is 0. The lowest BCUT2D eigenvalue weighted by Crippen LogP contribution is -2.16. The van der Waals surface area contributed by atoms with Crippen LogP contribution in [0.4, 0.5) is 18.9 Å². The fraction of sp³-hybridized carbons (Fsp3) is 0.625. The van der Waals surface area contributed by atoms with Gasteiger partial charge in [-0.1, -0.05) is 25.5 Å². The Bertz CT molecular complexity index is 370. The van der Waals surface area contributed by atoms with Crippen molar-refractivity contribution in [3.05, 3.63) is 29.8 Å². The van der Waals surface area contributed by atoms with E-state index in [0.717, 1.165) is 12.1 Å². The lowest BCUT2D eigenvalue weighted by Gasteiger charge is -2.16. The molecule has 0 fully saturated rings. The average molecular weight is 287 g/mol. The van der Waals surface area contributed by atoms with Crippen molar-refractivity contribution in [2.75, 3.05) is 5.32 Å². The topological polar surface area (TPSA) is 12.0 Å². The monoisotopic (exact) mass is 287 g/mol. The molecule has 4 heteroatoms. The van der Waals surface area contributed by atoms with Crippen molar-refractivity contribution in [2.24, 2.45) is 0 Å². The van der Waals surface area contributed by atoms with Crippen LogP contribution in [0.2, 0.25) is 0 Å². The van der Waals surface area contributed by atoms with Gasteiger partial charge >= 0.3 is 6.18 Å². The Labute approximate surface area is 119 Å². The number of benzene rings is 1. The van der Waals surface area contributed by atoms with Crippen molar-refractivity contribution in [1.82, 2.24) is 0 Å². The minimum absolute atomic E-state index is 0.0545. The number of unbranched alkanes of at least 4 members (excludes halogenated alkanes) is 1. The van der Waals surface area contributed by atoms with Crippen LogP contribution < -0.4 is 5.32 Å². The van der Waals surface area contributed by atoms with E-state index >= 15 is 0 Å². The molecule has 0 heterocycles. The number of halogens is 3. The van der Waals surface area contributed by atoms with Gasteiger partial charge in [0.05, 0.1) is 0 Å². The quantitative estimate of drug-likeness (QED) is 0.659. The Kier molecular flexibility index (Phi) is 6.89. The maximum atomic E-state index is 12.1. The summed E-state index contributed by atoms with van der Waals surface area (Å²) in [5, 5.41) is 3.24. The van der Waals surface area contributed by atoms with Gasteiger partial charge in [-0.25, -0.2) is 0 Å². The summed E-state index contributed by atoms with van der Waals surface area (Å²) < 4.78 is 36.2. The summed E-state index contributed by atoms with van der Waals surface area (Å²) in [5.74, 6) is 0. The van der Waals surface area contributed by atoms with Crippen LogP contribution in [0.3, 0.4) is 0 Å². The molecule has 114 valence electrons. The number of hydrogen-bond donors (Lipinski definition) is 1. The van der Waals surface area contributed by atoms with Crippen LogP contribution in [0.15, 0.2) is 24.3 Å². The highest BCUT2D eigenvalue weighted by Gasteiger charge is 2.26. The van der Waals surface area contributed by atoms with Crippen LogP contribution in [0, 0.1) is 0 Å². The van der Waals surface area contributed by atoms with Gasteiger partial charge in [0.1, 0.15) is 0 Å². The standard InChI is InChI=1S/C16H24F3N/c1-3-4-7-14-8-10-15(11-9-14)20-13(2)6-5-12-16(17,18)19/h8-11,13,20H,3-7,12H2,1-2H3. The van der Waals surface area contributed by atoms with E-state index in [9.17, 15) is 13.2 Å². The van der Waals surface area contributed by atoms with Gasteiger partial charge in [-0.15, -0.1) is 0 Å². The first-order valence-electron chi connectivity index (χ1n) is 7.33. The van der Waals surface area contributed by atoms with Gasteiger partial charge in [0.15, 0.2) is 0 Å². The molecule has 0 amide bonds. The Morgan fingerprint density at radius 2 is 1.75 bits per heavy atom. The number of aryl methyl sites for hydroxylation is 1. The molecule has 20 heavy (non-hydrogen) atoms. The van der Waals surface area contributed by atoms with Gasteiger partial charge < -0.3 is 5.32 Å². The highest BCUT2D eigenvalue weighted by Crippen LogP contribution is 2.23. The molecule has 1 atom stereocenters. The Morgan fingerprint density at radius 1 is 1.10 bits per heavy atom. The molecular formula is C16H24F3N. The molecule has 0 aliphatic carbocycles. The summed E-state index contributed by atoms with van der Waals surface area (Å²) in [6.07, 6.45) is -0.603. The van der Waals surface area contributed by atoms with Gasteiger partial charge in [-0.05, 0) is 50.3 Å². The summed E-state index contributed by atoms with van der Waals surface area (Å²) in [5.41, 5.74) is 2.28. The molecule has 1 unspecified atom stereocenters. The van der Waals surface area contributed by atoms with Crippen LogP contribution in [0.5, 0.6) is 0 Å². The third kappa shape index (κ3) is 7.41. The molecule has 0 bridgehead atoms. The largest absolute Gasteiger partial charge is 0.389 e. The molecule has 0 saturated heterocycles. The van der Waals surface area contributed by atoms with Gasteiger partial charge in [0, 0.05) is 18.2 Å². The number of nitrogens with one attached hydrogen (secondary N) is 1. The van der Waals surface area contributed by atoms with Crippen molar-refractivity contribution in [1.29, 1.82) is 0 Å². The van der Waals surface area contributed by atoms with Crippen LogP contribution >= 0.6 is 0 Å². The molecule has 0 saturated carbocycles. The summed E-state index contributed by atoms with van der Waals surface area (Å²) in [7, 11) is 0. The third-order valence-electron chi connectivity index (χ3n) is 3.28. The van der Waals surface area contributed by atoms with Crippen LogP contribution in [-0.2, 0) is 6.42 Å². The second-order valence-electron chi connectivity index (χ2n) is 5.35. The molecule has 1 rings (SSSR count). The zero-order valence-corrected chi connectivity index (χ0v) is 12.3. The van der Waals surface area contributed by atoms with Crippen molar-refractivity contribution in [2.45, 2.75) is 64.6 Å². The van der Waals surface area contributed by atoms with Gasteiger partial charge in [-0.3, -0.25) is 0 Å². The van der Waals surface area contributed by atoms with Crippen molar-refractivity contribution in [3.8, 4) is 0 Å². The van der Waals surface area contributed by atoms with E-state index < -0.39 is 12.6 Å². The van der Waals surface area contributed by atoms with Crippen molar-refractivity contribution < 1.29 is 13.2 Å².